The Hall–Kier alpha value is -2.06. The van der Waals surface area contributed by atoms with Crippen molar-refractivity contribution in [3.63, 3.8) is 0 Å². The number of hydrogen-bond acceptors (Lipinski definition) is 4. The SMILES string of the molecule is Cc1nn(C(=O)c2ccccc2F)c(C)c1S(=O)(=O)N1CCCCC1. The molecule has 1 aromatic heterocycles. The van der Waals surface area contributed by atoms with Gasteiger partial charge < -0.3 is 0 Å². The summed E-state index contributed by atoms with van der Waals surface area (Å²) in [6, 6.07) is 5.57. The predicted molar refractivity (Wildman–Crippen MR) is 90.4 cm³/mol. The summed E-state index contributed by atoms with van der Waals surface area (Å²) in [7, 11) is -3.72. The lowest BCUT2D eigenvalue weighted by Crippen LogP contribution is -2.36. The van der Waals surface area contributed by atoms with E-state index in [1.165, 1.54) is 29.4 Å². The van der Waals surface area contributed by atoms with Crippen LogP contribution >= 0.6 is 0 Å². The molecule has 0 spiro atoms. The summed E-state index contributed by atoms with van der Waals surface area (Å²) in [5, 5.41) is 4.08. The first kappa shape index (κ1) is 17.8. The van der Waals surface area contributed by atoms with Gasteiger partial charge in [-0.2, -0.15) is 14.1 Å². The maximum atomic E-state index is 13.9. The maximum Gasteiger partial charge on any atom is 0.281 e. The standard InChI is InChI=1S/C17H20FN3O3S/c1-12-16(25(23,24)20-10-6-3-7-11-20)13(2)21(19-12)17(22)14-8-4-5-9-15(14)18/h4-5,8-9H,3,6-7,10-11H2,1-2H3. The smallest absolute Gasteiger partial charge is 0.267 e. The van der Waals surface area contributed by atoms with E-state index in [0.717, 1.165) is 23.9 Å². The summed E-state index contributed by atoms with van der Waals surface area (Å²) in [5.74, 6) is -1.35. The van der Waals surface area contributed by atoms with Gasteiger partial charge in [-0.1, -0.05) is 18.6 Å². The fraction of sp³-hybridized carbons (Fsp3) is 0.412. The van der Waals surface area contributed by atoms with E-state index < -0.39 is 21.7 Å². The molecule has 0 saturated carbocycles. The summed E-state index contributed by atoms with van der Waals surface area (Å²) in [5.41, 5.74) is 0.305. The Balaban J connectivity index is 2.04. The Morgan fingerprint density at radius 2 is 1.76 bits per heavy atom. The summed E-state index contributed by atoms with van der Waals surface area (Å²) in [6.07, 6.45) is 2.65. The van der Waals surface area contributed by atoms with E-state index in [9.17, 15) is 17.6 Å². The molecule has 0 radical (unpaired) electrons. The van der Waals surface area contributed by atoms with Crippen LogP contribution in [0, 0.1) is 19.7 Å². The summed E-state index contributed by atoms with van der Waals surface area (Å²) in [6.45, 7) is 4.01. The van der Waals surface area contributed by atoms with Crippen LogP contribution in [0.25, 0.3) is 0 Å². The molecular formula is C17H20FN3O3S. The highest BCUT2D eigenvalue weighted by Gasteiger charge is 2.33. The van der Waals surface area contributed by atoms with Gasteiger partial charge in [0, 0.05) is 13.1 Å². The first-order chi connectivity index (χ1) is 11.8. The Kier molecular flexibility index (Phi) is 4.75. The van der Waals surface area contributed by atoms with Gasteiger partial charge in [-0.25, -0.2) is 12.8 Å². The maximum absolute atomic E-state index is 13.9. The van der Waals surface area contributed by atoms with E-state index in [4.69, 9.17) is 0 Å². The lowest BCUT2D eigenvalue weighted by Gasteiger charge is -2.25. The van der Waals surface area contributed by atoms with Crippen molar-refractivity contribution in [3.05, 3.63) is 47.0 Å². The number of aryl methyl sites for hydroxylation is 1. The number of benzene rings is 1. The molecule has 3 rings (SSSR count). The third-order valence-electron chi connectivity index (χ3n) is 4.43. The second-order valence-corrected chi connectivity index (χ2v) is 8.04. The highest BCUT2D eigenvalue weighted by molar-refractivity contribution is 7.89. The van der Waals surface area contributed by atoms with Crippen molar-refractivity contribution in [2.24, 2.45) is 0 Å². The van der Waals surface area contributed by atoms with E-state index >= 15 is 0 Å². The number of carbonyl (C=O) groups is 1. The Bertz CT molecular complexity index is 915. The van der Waals surface area contributed by atoms with Gasteiger partial charge in [-0.15, -0.1) is 0 Å². The number of halogens is 1. The van der Waals surface area contributed by atoms with Gasteiger partial charge in [0.1, 0.15) is 10.7 Å². The second-order valence-electron chi connectivity index (χ2n) is 6.16. The third-order valence-corrected chi connectivity index (χ3v) is 6.59. The molecule has 0 aliphatic carbocycles. The second kappa shape index (κ2) is 6.68. The van der Waals surface area contributed by atoms with E-state index in [2.05, 4.69) is 5.10 Å². The van der Waals surface area contributed by atoms with Crippen LogP contribution in [0.4, 0.5) is 4.39 Å². The van der Waals surface area contributed by atoms with Crippen molar-refractivity contribution in [2.75, 3.05) is 13.1 Å². The van der Waals surface area contributed by atoms with Gasteiger partial charge in [0.15, 0.2) is 0 Å². The number of sulfonamides is 1. The molecule has 0 amide bonds. The molecule has 1 saturated heterocycles. The summed E-state index contributed by atoms with van der Waals surface area (Å²) >= 11 is 0. The van der Waals surface area contributed by atoms with E-state index in [1.807, 2.05) is 0 Å². The number of rotatable bonds is 3. The summed E-state index contributed by atoms with van der Waals surface area (Å²) < 4.78 is 42.2. The van der Waals surface area contributed by atoms with Crippen LogP contribution in [0.2, 0.25) is 0 Å². The van der Waals surface area contributed by atoms with Crippen molar-refractivity contribution in [1.82, 2.24) is 14.1 Å². The Labute approximate surface area is 146 Å². The number of aromatic nitrogens is 2. The van der Waals surface area contributed by atoms with Crippen molar-refractivity contribution in [3.8, 4) is 0 Å². The molecular weight excluding hydrogens is 345 g/mol. The molecule has 0 N–H and O–H groups in total. The molecule has 1 fully saturated rings. The molecule has 1 aromatic carbocycles. The molecule has 0 atom stereocenters. The number of piperidine rings is 1. The van der Waals surface area contributed by atoms with Gasteiger partial charge >= 0.3 is 0 Å². The molecule has 0 bridgehead atoms. The molecule has 8 heteroatoms. The average Bonchev–Trinajstić information content (AvgIpc) is 2.90. The molecule has 2 aromatic rings. The van der Waals surface area contributed by atoms with Crippen LogP contribution in [0.15, 0.2) is 29.2 Å². The molecule has 25 heavy (non-hydrogen) atoms. The first-order valence-electron chi connectivity index (χ1n) is 8.19. The highest BCUT2D eigenvalue weighted by atomic mass is 32.2. The van der Waals surface area contributed by atoms with E-state index in [-0.39, 0.29) is 21.8 Å². The zero-order valence-electron chi connectivity index (χ0n) is 14.2. The Morgan fingerprint density at radius 3 is 2.40 bits per heavy atom. The minimum Gasteiger partial charge on any atom is -0.267 e. The first-order valence-corrected chi connectivity index (χ1v) is 9.63. The van der Waals surface area contributed by atoms with Crippen LogP contribution in [0.1, 0.15) is 41.0 Å². The molecule has 6 nitrogen and oxygen atoms in total. The van der Waals surface area contributed by atoms with Crippen LogP contribution in [-0.4, -0.2) is 41.5 Å². The monoisotopic (exact) mass is 365 g/mol. The molecule has 134 valence electrons. The van der Waals surface area contributed by atoms with Crippen molar-refractivity contribution in [1.29, 1.82) is 0 Å². The average molecular weight is 365 g/mol. The van der Waals surface area contributed by atoms with Gasteiger partial charge in [-0.05, 0) is 38.8 Å². The van der Waals surface area contributed by atoms with Crippen LogP contribution in [0.3, 0.4) is 0 Å². The fourth-order valence-electron chi connectivity index (χ4n) is 3.18. The van der Waals surface area contributed by atoms with Gasteiger partial charge in [0.05, 0.1) is 17.0 Å². The minimum atomic E-state index is -3.72. The largest absolute Gasteiger partial charge is 0.281 e. The van der Waals surface area contributed by atoms with Crippen molar-refractivity contribution < 1.29 is 17.6 Å². The van der Waals surface area contributed by atoms with Gasteiger partial charge in [-0.3, -0.25) is 4.79 Å². The lowest BCUT2D eigenvalue weighted by atomic mass is 10.2. The Morgan fingerprint density at radius 1 is 1.12 bits per heavy atom. The van der Waals surface area contributed by atoms with Crippen molar-refractivity contribution >= 4 is 15.9 Å². The van der Waals surface area contributed by atoms with Gasteiger partial charge in [0.2, 0.25) is 10.0 Å². The topological polar surface area (TPSA) is 72.3 Å². The zero-order valence-corrected chi connectivity index (χ0v) is 15.0. The lowest BCUT2D eigenvalue weighted by molar-refractivity contribution is 0.0938. The quantitative estimate of drug-likeness (QED) is 0.838. The molecule has 1 aliphatic rings. The van der Waals surface area contributed by atoms with E-state index in [1.54, 1.807) is 13.0 Å². The van der Waals surface area contributed by atoms with Crippen LogP contribution < -0.4 is 0 Å². The minimum absolute atomic E-state index is 0.0408. The molecule has 2 heterocycles. The third kappa shape index (κ3) is 3.11. The van der Waals surface area contributed by atoms with Crippen LogP contribution in [-0.2, 0) is 10.0 Å². The molecule has 1 aliphatic heterocycles. The number of nitrogens with zero attached hydrogens (tertiary/aromatic N) is 3. The summed E-state index contributed by atoms with van der Waals surface area (Å²) in [4.78, 5) is 12.6. The van der Waals surface area contributed by atoms with E-state index in [0.29, 0.717) is 13.1 Å². The number of hydrogen-bond donors (Lipinski definition) is 0. The fourth-order valence-corrected chi connectivity index (χ4v) is 5.05. The zero-order chi connectivity index (χ0) is 18.2. The normalized spacial score (nSPS) is 16.1. The van der Waals surface area contributed by atoms with Gasteiger partial charge in [0.25, 0.3) is 5.91 Å². The number of carbonyl (C=O) groups excluding carboxylic acids is 1. The van der Waals surface area contributed by atoms with Crippen molar-refractivity contribution in [2.45, 2.75) is 38.0 Å². The highest BCUT2D eigenvalue weighted by Crippen LogP contribution is 2.26. The van der Waals surface area contributed by atoms with Crippen LogP contribution in [0.5, 0.6) is 0 Å². The molecule has 0 unspecified atom stereocenters. The predicted octanol–water partition coefficient (Wildman–Crippen LogP) is 2.50.